The summed E-state index contributed by atoms with van der Waals surface area (Å²) in [5, 5.41) is 18.3. The van der Waals surface area contributed by atoms with E-state index in [1.807, 2.05) is 18.2 Å². The van der Waals surface area contributed by atoms with Gasteiger partial charge >= 0.3 is 5.97 Å². The van der Waals surface area contributed by atoms with Crippen molar-refractivity contribution in [2.45, 2.75) is 83.7 Å². The van der Waals surface area contributed by atoms with E-state index in [-0.39, 0.29) is 6.42 Å². The second-order valence-corrected chi connectivity index (χ2v) is 5.93. The Bertz CT molecular complexity index is 356. The number of aliphatic carboxylic acids is 1. The van der Waals surface area contributed by atoms with Crippen LogP contribution in [0, 0.1) is 0 Å². The number of carbonyl (C=O) groups is 1. The molecule has 0 aromatic carbocycles. The molecule has 0 radical (unpaired) electrons. The number of carboxylic acids is 1. The Morgan fingerprint density at radius 2 is 1.74 bits per heavy atom. The second kappa shape index (κ2) is 17.0. The number of rotatable bonds is 15. The number of aliphatic hydroxyl groups excluding tert-OH is 1. The zero-order valence-electron chi connectivity index (χ0n) is 14.6. The van der Waals surface area contributed by atoms with Gasteiger partial charge in [0.2, 0.25) is 0 Å². The third kappa shape index (κ3) is 18.6. The summed E-state index contributed by atoms with van der Waals surface area (Å²) in [6, 6.07) is 0. The van der Waals surface area contributed by atoms with Crippen molar-refractivity contribution in [3.63, 3.8) is 0 Å². The lowest BCUT2D eigenvalue weighted by molar-refractivity contribution is -0.137. The molecule has 132 valence electrons. The smallest absolute Gasteiger partial charge is 0.303 e. The van der Waals surface area contributed by atoms with Gasteiger partial charge in [-0.15, -0.1) is 0 Å². The van der Waals surface area contributed by atoms with Crippen LogP contribution in [0.15, 0.2) is 36.5 Å². The molecule has 0 saturated heterocycles. The van der Waals surface area contributed by atoms with Gasteiger partial charge in [-0.25, -0.2) is 0 Å². The average Bonchev–Trinajstić information content (AvgIpc) is 2.52. The largest absolute Gasteiger partial charge is 0.481 e. The molecule has 0 spiro atoms. The van der Waals surface area contributed by atoms with Crippen molar-refractivity contribution in [2.75, 3.05) is 0 Å². The van der Waals surface area contributed by atoms with Crippen molar-refractivity contribution in [3.05, 3.63) is 36.5 Å². The number of aliphatic hydroxyl groups is 1. The van der Waals surface area contributed by atoms with Gasteiger partial charge in [0.1, 0.15) is 0 Å². The van der Waals surface area contributed by atoms with E-state index in [1.54, 1.807) is 0 Å². The molecule has 0 fully saturated rings. The van der Waals surface area contributed by atoms with E-state index in [2.05, 4.69) is 25.2 Å². The molecular formula is C20H34O3. The quantitative estimate of drug-likeness (QED) is 0.241. The zero-order chi connectivity index (χ0) is 17.2. The molecule has 1 atom stereocenters. The van der Waals surface area contributed by atoms with Crippen molar-refractivity contribution in [2.24, 2.45) is 0 Å². The van der Waals surface area contributed by atoms with E-state index in [0.717, 1.165) is 38.5 Å². The highest BCUT2D eigenvalue weighted by molar-refractivity contribution is 5.66. The molecule has 0 aliphatic rings. The molecule has 0 amide bonds. The molecule has 0 aromatic heterocycles. The van der Waals surface area contributed by atoms with Crippen molar-refractivity contribution >= 4 is 5.97 Å². The highest BCUT2D eigenvalue weighted by Crippen LogP contribution is 2.08. The molecule has 0 saturated carbocycles. The van der Waals surface area contributed by atoms with Crippen molar-refractivity contribution in [3.8, 4) is 0 Å². The van der Waals surface area contributed by atoms with Crippen LogP contribution in [0.5, 0.6) is 0 Å². The fourth-order valence-corrected chi connectivity index (χ4v) is 2.23. The fourth-order valence-electron chi connectivity index (χ4n) is 2.23. The SMILES string of the molecule is CCCCCC=CCC=CC=CC(O)CCCCCCC(=O)O. The standard InChI is InChI=1S/C20H34O3/c1-2-3-4-5-6-7-8-9-10-13-16-19(21)17-14-11-12-15-18-20(22)23/h6-7,9-10,13,16,19,21H,2-5,8,11-12,14-15,17-18H2,1H3,(H,22,23). The average molecular weight is 322 g/mol. The summed E-state index contributed by atoms with van der Waals surface area (Å²) in [4.78, 5) is 10.4. The van der Waals surface area contributed by atoms with Gasteiger partial charge in [-0.05, 0) is 32.1 Å². The van der Waals surface area contributed by atoms with E-state index in [9.17, 15) is 9.90 Å². The van der Waals surface area contributed by atoms with Crippen molar-refractivity contribution in [1.82, 2.24) is 0 Å². The molecule has 0 aliphatic carbocycles. The van der Waals surface area contributed by atoms with Crippen molar-refractivity contribution in [1.29, 1.82) is 0 Å². The monoisotopic (exact) mass is 322 g/mol. The number of hydrogen-bond donors (Lipinski definition) is 2. The summed E-state index contributed by atoms with van der Waals surface area (Å²) in [6.07, 6.45) is 22.3. The number of allylic oxidation sites excluding steroid dienone is 5. The predicted molar refractivity (Wildman–Crippen MR) is 97.5 cm³/mol. The van der Waals surface area contributed by atoms with Crippen LogP contribution in [0.3, 0.4) is 0 Å². The summed E-state index contributed by atoms with van der Waals surface area (Å²) in [5.74, 6) is -0.726. The zero-order valence-corrected chi connectivity index (χ0v) is 14.6. The van der Waals surface area contributed by atoms with Crippen LogP contribution in [0.1, 0.15) is 77.6 Å². The van der Waals surface area contributed by atoms with Gasteiger partial charge in [0.05, 0.1) is 6.10 Å². The molecule has 0 aromatic rings. The topological polar surface area (TPSA) is 57.5 Å². The summed E-state index contributed by atoms with van der Waals surface area (Å²) in [6.45, 7) is 2.21. The number of hydrogen-bond acceptors (Lipinski definition) is 2. The Hall–Kier alpha value is -1.35. The first-order valence-electron chi connectivity index (χ1n) is 9.05. The molecule has 0 aliphatic heterocycles. The molecule has 23 heavy (non-hydrogen) atoms. The van der Waals surface area contributed by atoms with E-state index >= 15 is 0 Å². The van der Waals surface area contributed by atoms with E-state index in [1.165, 1.54) is 25.7 Å². The lowest BCUT2D eigenvalue weighted by Gasteiger charge is -2.04. The minimum Gasteiger partial charge on any atom is -0.481 e. The number of carboxylic acid groups (broad SMARTS) is 1. The highest BCUT2D eigenvalue weighted by atomic mass is 16.4. The first kappa shape index (κ1) is 21.6. The lowest BCUT2D eigenvalue weighted by Crippen LogP contribution is -2.01. The molecule has 3 heteroatoms. The minimum atomic E-state index is -0.726. The van der Waals surface area contributed by atoms with Gasteiger partial charge in [0, 0.05) is 6.42 Å². The van der Waals surface area contributed by atoms with Crippen LogP contribution in [-0.4, -0.2) is 22.3 Å². The van der Waals surface area contributed by atoms with E-state index in [4.69, 9.17) is 5.11 Å². The van der Waals surface area contributed by atoms with Crippen LogP contribution >= 0.6 is 0 Å². The van der Waals surface area contributed by atoms with Crippen LogP contribution in [0.4, 0.5) is 0 Å². The Morgan fingerprint density at radius 1 is 0.957 bits per heavy atom. The van der Waals surface area contributed by atoms with Gasteiger partial charge in [-0.3, -0.25) is 4.79 Å². The van der Waals surface area contributed by atoms with Crippen LogP contribution < -0.4 is 0 Å². The first-order chi connectivity index (χ1) is 11.2. The Labute approximate surface area is 141 Å². The third-order valence-corrected chi connectivity index (χ3v) is 3.63. The van der Waals surface area contributed by atoms with E-state index < -0.39 is 12.1 Å². The first-order valence-corrected chi connectivity index (χ1v) is 9.05. The van der Waals surface area contributed by atoms with Crippen LogP contribution in [0.2, 0.25) is 0 Å². The highest BCUT2D eigenvalue weighted by Gasteiger charge is 1.99. The lowest BCUT2D eigenvalue weighted by atomic mass is 10.1. The van der Waals surface area contributed by atoms with Gasteiger partial charge in [-0.1, -0.05) is 75.5 Å². The maximum atomic E-state index is 10.4. The molecule has 0 bridgehead atoms. The van der Waals surface area contributed by atoms with Gasteiger partial charge in [-0.2, -0.15) is 0 Å². The molecule has 0 rings (SSSR count). The fraction of sp³-hybridized carbons (Fsp3) is 0.650. The van der Waals surface area contributed by atoms with Crippen LogP contribution in [-0.2, 0) is 4.79 Å². The van der Waals surface area contributed by atoms with Crippen molar-refractivity contribution < 1.29 is 15.0 Å². The van der Waals surface area contributed by atoms with Gasteiger partial charge in [0.25, 0.3) is 0 Å². The summed E-state index contributed by atoms with van der Waals surface area (Å²) in [7, 11) is 0. The van der Waals surface area contributed by atoms with Gasteiger partial charge < -0.3 is 10.2 Å². The minimum absolute atomic E-state index is 0.250. The Morgan fingerprint density at radius 3 is 2.48 bits per heavy atom. The normalized spacial score (nSPS) is 13.5. The van der Waals surface area contributed by atoms with Gasteiger partial charge in [0.15, 0.2) is 0 Å². The predicted octanol–water partition coefficient (Wildman–Crippen LogP) is 5.41. The third-order valence-electron chi connectivity index (χ3n) is 3.63. The Balaban J connectivity index is 3.51. The molecule has 2 N–H and O–H groups in total. The molecule has 1 unspecified atom stereocenters. The summed E-state index contributed by atoms with van der Waals surface area (Å²) >= 11 is 0. The Kier molecular flexibility index (Phi) is 16.0. The maximum Gasteiger partial charge on any atom is 0.303 e. The van der Waals surface area contributed by atoms with E-state index in [0.29, 0.717) is 0 Å². The maximum absolute atomic E-state index is 10.4. The summed E-state index contributed by atoms with van der Waals surface area (Å²) < 4.78 is 0. The molecule has 3 nitrogen and oxygen atoms in total. The number of unbranched alkanes of at least 4 members (excludes halogenated alkanes) is 6. The van der Waals surface area contributed by atoms with Crippen LogP contribution in [0.25, 0.3) is 0 Å². The summed E-state index contributed by atoms with van der Waals surface area (Å²) in [5.41, 5.74) is 0. The molecule has 0 heterocycles. The second-order valence-electron chi connectivity index (χ2n) is 5.93. The molecular weight excluding hydrogens is 288 g/mol.